The monoisotopic (exact) mass is 399 g/mol. The average Bonchev–Trinajstić information content (AvgIpc) is 2.67. The van der Waals surface area contributed by atoms with Gasteiger partial charge >= 0.3 is 6.18 Å². The Labute approximate surface area is 159 Å². The number of piperazine rings is 1. The van der Waals surface area contributed by atoms with Gasteiger partial charge in [-0.3, -0.25) is 4.79 Å². The van der Waals surface area contributed by atoms with Gasteiger partial charge in [0.2, 0.25) is 0 Å². The molecular weight excluding hydrogens is 383 g/mol. The van der Waals surface area contributed by atoms with E-state index in [0.29, 0.717) is 42.8 Å². The van der Waals surface area contributed by atoms with E-state index in [9.17, 15) is 18.0 Å². The molecule has 0 radical (unpaired) electrons. The third-order valence-corrected chi connectivity index (χ3v) is 4.53. The number of anilines is 1. The molecule has 3 rings (SSSR count). The second kappa shape index (κ2) is 8.04. The molecule has 0 spiro atoms. The van der Waals surface area contributed by atoms with E-state index in [1.165, 1.54) is 6.07 Å². The van der Waals surface area contributed by atoms with E-state index < -0.39 is 11.7 Å². The minimum Gasteiger partial charge on any atom is -0.482 e. The molecule has 0 aliphatic carbocycles. The van der Waals surface area contributed by atoms with Crippen molar-refractivity contribution >= 4 is 23.3 Å². The van der Waals surface area contributed by atoms with Gasteiger partial charge in [-0.2, -0.15) is 13.2 Å². The molecule has 5 nitrogen and oxygen atoms in total. The number of para-hydroxylation sites is 1. The molecule has 0 N–H and O–H groups in total. The fourth-order valence-corrected chi connectivity index (χ4v) is 2.91. The smallest absolute Gasteiger partial charge is 0.417 e. The fourth-order valence-electron chi connectivity index (χ4n) is 2.72. The molecule has 1 aromatic carbocycles. The van der Waals surface area contributed by atoms with Gasteiger partial charge in [0.25, 0.3) is 5.91 Å². The number of aromatic nitrogens is 1. The summed E-state index contributed by atoms with van der Waals surface area (Å²) in [6.45, 7) is 1.72. The highest BCUT2D eigenvalue weighted by Crippen LogP contribution is 2.29. The Bertz CT molecular complexity index is 791. The van der Waals surface area contributed by atoms with E-state index >= 15 is 0 Å². The molecule has 1 amide bonds. The van der Waals surface area contributed by atoms with Crippen LogP contribution in [0.4, 0.5) is 19.0 Å². The molecule has 9 heteroatoms. The first kappa shape index (κ1) is 19.3. The predicted octanol–water partition coefficient (Wildman–Crippen LogP) is 3.48. The van der Waals surface area contributed by atoms with Gasteiger partial charge < -0.3 is 14.5 Å². The number of halogens is 4. The number of hydrogen-bond donors (Lipinski definition) is 0. The Morgan fingerprint density at radius 3 is 2.41 bits per heavy atom. The number of alkyl halides is 3. The Hall–Kier alpha value is -2.48. The van der Waals surface area contributed by atoms with Crippen LogP contribution in [0.2, 0.25) is 5.02 Å². The van der Waals surface area contributed by atoms with Crippen molar-refractivity contribution < 1.29 is 22.7 Å². The van der Waals surface area contributed by atoms with Crippen molar-refractivity contribution in [3.63, 3.8) is 0 Å². The second-order valence-corrected chi connectivity index (χ2v) is 6.40. The molecule has 27 heavy (non-hydrogen) atoms. The van der Waals surface area contributed by atoms with E-state index in [2.05, 4.69) is 4.98 Å². The molecule has 2 aromatic rings. The molecule has 0 bridgehead atoms. The quantitative estimate of drug-likeness (QED) is 0.789. The van der Waals surface area contributed by atoms with Gasteiger partial charge in [0.15, 0.2) is 6.61 Å². The van der Waals surface area contributed by atoms with Crippen LogP contribution >= 0.6 is 11.6 Å². The highest BCUT2D eigenvalue weighted by atomic mass is 35.5. The maximum absolute atomic E-state index is 12.6. The number of nitrogens with zero attached hydrogens (tertiary/aromatic N) is 3. The zero-order valence-corrected chi connectivity index (χ0v) is 15.0. The maximum atomic E-state index is 12.6. The van der Waals surface area contributed by atoms with Crippen LogP contribution < -0.4 is 9.64 Å². The summed E-state index contributed by atoms with van der Waals surface area (Å²) in [6, 6.07) is 9.26. The lowest BCUT2D eigenvalue weighted by molar-refractivity contribution is -0.138. The molecule has 0 atom stereocenters. The van der Waals surface area contributed by atoms with Crippen LogP contribution in [0.25, 0.3) is 0 Å². The number of rotatable bonds is 4. The number of carbonyl (C=O) groups excluding carboxylic acids is 1. The van der Waals surface area contributed by atoms with Crippen LogP contribution in [0, 0.1) is 0 Å². The molecule has 0 saturated carbocycles. The standard InChI is InChI=1S/C18H17ClF3N3O2/c19-14-3-1-2-4-15(14)27-12-17(26)25-9-7-24(8-10-25)16-6-5-13(11-23-16)18(20,21)22/h1-6,11H,7-10,12H2. The largest absolute Gasteiger partial charge is 0.482 e. The molecule has 1 fully saturated rings. The Morgan fingerprint density at radius 2 is 1.81 bits per heavy atom. The third-order valence-electron chi connectivity index (χ3n) is 4.22. The normalized spacial score (nSPS) is 15.0. The van der Waals surface area contributed by atoms with E-state index in [4.69, 9.17) is 16.3 Å². The zero-order chi connectivity index (χ0) is 19.4. The van der Waals surface area contributed by atoms with Crippen molar-refractivity contribution in [3.8, 4) is 5.75 Å². The highest BCUT2D eigenvalue weighted by Gasteiger charge is 2.31. The van der Waals surface area contributed by atoms with Crippen LogP contribution in [0.15, 0.2) is 42.6 Å². The van der Waals surface area contributed by atoms with Crippen LogP contribution in [0.1, 0.15) is 5.56 Å². The lowest BCUT2D eigenvalue weighted by Crippen LogP contribution is -2.50. The van der Waals surface area contributed by atoms with Gasteiger partial charge in [0.1, 0.15) is 11.6 Å². The molecule has 2 heterocycles. The molecule has 1 saturated heterocycles. The number of ether oxygens (including phenoxy) is 1. The summed E-state index contributed by atoms with van der Waals surface area (Å²) in [6.07, 6.45) is -3.58. The van der Waals surface area contributed by atoms with E-state index in [0.717, 1.165) is 12.3 Å². The number of benzene rings is 1. The maximum Gasteiger partial charge on any atom is 0.417 e. The summed E-state index contributed by atoms with van der Waals surface area (Å²) < 4.78 is 43.3. The Morgan fingerprint density at radius 1 is 1.11 bits per heavy atom. The van der Waals surface area contributed by atoms with E-state index in [1.54, 1.807) is 29.2 Å². The highest BCUT2D eigenvalue weighted by molar-refractivity contribution is 6.32. The van der Waals surface area contributed by atoms with Crippen molar-refractivity contribution in [2.24, 2.45) is 0 Å². The molecular formula is C18H17ClF3N3O2. The third kappa shape index (κ3) is 4.82. The summed E-state index contributed by atoms with van der Waals surface area (Å²) in [5.41, 5.74) is -0.781. The van der Waals surface area contributed by atoms with Crippen LogP contribution in [-0.2, 0) is 11.0 Å². The molecule has 0 unspecified atom stereocenters. The fraction of sp³-hybridized carbons (Fsp3) is 0.333. The van der Waals surface area contributed by atoms with E-state index in [1.807, 2.05) is 4.90 Å². The molecule has 1 aromatic heterocycles. The van der Waals surface area contributed by atoms with Crippen molar-refractivity contribution in [1.82, 2.24) is 9.88 Å². The summed E-state index contributed by atoms with van der Waals surface area (Å²) >= 11 is 5.99. The lowest BCUT2D eigenvalue weighted by atomic mass is 10.2. The van der Waals surface area contributed by atoms with Gasteiger partial charge in [-0.05, 0) is 24.3 Å². The van der Waals surface area contributed by atoms with E-state index in [-0.39, 0.29) is 12.5 Å². The Balaban J connectivity index is 1.51. The van der Waals surface area contributed by atoms with Crippen LogP contribution in [-0.4, -0.2) is 48.6 Å². The SMILES string of the molecule is O=C(COc1ccccc1Cl)N1CCN(c2ccc(C(F)(F)F)cn2)CC1. The number of carbonyl (C=O) groups is 1. The number of pyridine rings is 1. The van der Waals surface area contributed by atoms with Gasteiger partial charge in [0, 0.05) is 32.4 Å². The topological polar surface area (TPSA) is 45.7 Å². The second-order valence-electron chi connectivity index (χ2n) is 5.99. The molecule has 144 valence electrons. The van der Waals surface area contributed by atoms with Gasteiger partial charge in [-0.15, -0.1) is 0 Å². The first-order valence-electron chi connectivity index (χ1n) is 8.28. The number of hydrogen-bond acceptors (Lipinski definition) is 4. The predicted molar refractivity (Wildman–Crippen MR) is 95.0 cm³/mol. The zero-order valence-electron chi connectivity index (χ0n) is 14.2. The van der Waals surface area contributed by atoms with Crippen molar-refractivity contribution in [2.45, 2.75) is 6.18 Å². The first-order chi connectivity index (χ1) is 12.8. The lowest BCUT2D eigenvalue weighted by Gasteiger charge is -2.35. The summed E-state index contributed by atoms with van der Waals surface area (Å²) in [4.78, 5) is 19.7. The summed E-state index contributed by atoms with van der Waals surface area (Å²) in [5.74, 6) is 0.734. The van der Waals surface area contributed by atoms with Crippen LogP contribution in [0.5, 0.6) is 5.75 Å². The van der Waals surface area contributed by atoms with Crippen molar-refractivity contribution in [1.29, 1.82) is 0 Å². The minimum atomic E-state index is -4.40. The Kier molecular flexibility index (Phi) is 5.74. The summed E-state index contributed by atoms with van der Waals surface area (Å²) in [7, 11) is 0. The van der Waals surface area contributed by atoms with Crippen molar-refractivity contribution in [2.75, 3.05) is 37.7 Å². The van der Waals surface area contributed by atoms with Gasteiger partial charge in [-0.25, -0.2) is 4.98 Å². The average molecular weight is 400 g/mol. The number of amides is 1. The van der Waals surface area contributed by atoms with Gasteiger partial charge in [-0.1, -0.05) is 23.7 Å². The van der Waals surface area contributed by atoms with Crippen LogP contribution in [0.3, 0.4) is 0 Å². The first-order valence-corrected chi connectivity index (χ1v) is 8.66. The minimum absolute atomic E-state index is 0.123. The van der Waals surface area contributed by atoms with Crippen molar-refractivity contribution in [3.05, 3.63) is 53.2 Å². The van der Waals surface area contributed by atoms with Gasteiger partial charge in [0.05, 0.1) is 10.6 Å². The molecule has 1 aliphatic rings. The molecule has 1 aliphatic heterocycles. The summed E-state index contributed by atoms with van der Waals surface area (Å²) in [5, 5.41) is 0.434.